The van der Waals surface area contributed by atoms with Crippen LogP contribution in [0.4, 0.5) is 0 Å². The molecule has 0 bridgehead atoms. The molecule has 0 spiro atoms. The van der Waals surface area contributed by atoms with E-state index in [1.54, 1.807) is 32.9 Å². The zero-order valence-electron chi connectivity index (χ0n) is 16.7. The molecular weight excluding hydrogens is 374 g/mol. The van der Waals surface area contributed by atoms with E-state index in [1.807, 2.05) is 35.4 Å². The van der Waals surface area contributed by atoms with Gasteiger partial charge in [0.15, 0.2) is 5.16 Å². The fourth-order valence-corrected chi connectivity index (χ4v) is 4.20. The quantitative estimate of drug-likeness (QED) is 0.401. The lowest BCUT2D eigenvalue weighted by Crippen LogP contribution is -2.38. The lowest BCUT2D eigenvalue weighted by Gasteiger charge is -2.32. The molecule has 0 radical (unpaired) electrons. The highest BCUT2D eigenvalue weighted by Crippen LogP contribution is 2.35. The average Bonchev–Trinajstić information content (AvgIpc) is 2.74. The number of carbonyl (C=O) groups is 1. The first-order valence-corrected chi connectivity index (χ1v) is 10.5. The standard InChI is InChI=1S/C21H27N3O3S/c1-15(25)24-9-5-7-17(14-24)20-19(16-6-4-8-18(12-16)27-3)13-22-21(23-20)28-11-10-26-2/h4,6,8,12-13,17H,5,7,9-11,14H2,1-3H3. The summed E-state index contributed by atoms with van der Waals surface area (Å²) in [4.78, 5) is 23.3. The van der Waals surface area contributed by atoms with E-state index in [4.69, 9.17) is 14.5 Å². The van der Waals surface area contributed by atoms with E-state index in [2.05, 4.69) is 4.98 Å². The van der Waals surface area contributed by atoms with Crippen molar-refractivity contribution < 1.29 is 14.3 Å². The molecule has 3 rings (SSSR count). The number of methoxy groups -OCH3 is 2. The van der Waals surface area contributed by atoms with E-state index >= 15 is 0 Å². The van der Waals surface area contributed by atoms with Gasteiger partial charge in [0.2, 0.25) is 5.91 Å². The Labute approximate surface area is 170 Å². The molecule has 1 atom stereocenters. The highest BCUT2D eigenvalue weighted by Gasteiger charge is 2.27. The lowest BCUT2D eigenvalue weighted by molar-refractivity contribution is -0.130. The second-order valence-corrected chi connectivity index (χ2v) is 7.89. The summed E-state index contributed by atoms with van der Waals surface area (Å²) in [5, 5.41) is 0.749. The van der Waals surface area contributed by atoms with Crippen molar-refractivity contribution in [2.75, 3.05) is 39.7 Å². The summed E-state index contributed by atoms with van der Waals surface area (Å²) < 4.78 is 10.5. The number of aromatic nitrogens is 2. The first-order chi connectivity index (χ1) is 13.6. The third kappa shape index (κ3) is 5.02. The second kappa shape index (κ2) is 9.89. The van der Waals surface area contributed by atoms with Crippen molar-refractivity contribution >= 4 is 17.7 Å². The summed E-state index contributed by atoms with van der Waals surface area (Å²) in [6.07, 6.45) is 3.90. The average molecular weight is 402 g/mol. The fourth-order valence-electron chi connectivity index (χ4n) is 3.47. The van der Waals surface area contributed by atoms with Crippen molar-refractivity contribution in [3.05, 3.63) is 36.2 Å². The molecule has 150 valence electrons. The minimum Gasteiger partial charge on any atom is -0.497 e. The van der Waals surface area contributed by atoms with Crippen molar-refractivity contribution in [3.8, 4) is 16.9 Å². The Morgan fingerprint density at radius 2 is 2.21 bits per heavy atom. The third-order valence-electron chi connectivity index (χ3n) is 4.95. The molecule has 0 N–H and O–H groups in total. The Morgan fingerprint density at radius 3 is 2.96 bits per heavy atom. The van der Waals surface area contributed by atoms with Crippen LogP contribution in [0.1, 0.15) is 31.4 Å². The highest BCUT2D eigenvalue weighted by molar-refractivity contribution is 7.99. The number of hydrogen-bond acceptors (Lipinski definition) is 6. The number of ether oxygens (including phenoxy) is 2. The van der Waals surface area contributed by atoms with Gasteiger partial charge in [0.05, 0.1) is 19.4 Å². The van der Waals surface area contributed by atoms with Gasteiger partial charge >= 0.3 is 0 Å². The fraction of sp³-hybridized carbons (Fsp3) is 0.476. The Kier molecular flexibility index (Phi) is 7.28. The Morgan fingerprint density at radius 1 is 1.36 bits per heavy atom. The summed E-state index contributed by atoms with van der Waals surface area (Å²) in [5.41, 5.74) is 3.04. The molecule has 0 saturated carbocycles. The predicted octanol–water partition coefficient (Wildman–Crippen LogP) is 3.62. The minimum atomic E-state index is 0.122. The van der Waals surface area contributed by atoms with Crippen molar-refractivity contribution in [2.24, 2.45) is 0 Å². The molecular formula is C21H27N3O3S. The Balaban J connectivity index is 1.97. The number of rotatable bonds is 7. The number of nitrogens with zero attached hydrogens (tertiary/aromatic N) is 3. The molecule has 2 heterocycles. The summed E-state index contributed by atoms with van der Waals surface area (Å²) >= 11 is 1.59. The first-order valence-electron chi connectivity index (χ1n) is 9.51. The van der Waals surface area contributed by atoms with Gasteiger partial charge in [0, 0.05) is 50.6 Å². The molecule has 1 fully saturated rings. The van der Waals surface area contributed by atoms with Gasteiger partial charge < -0.3 is 14.4 Å². The second-order valence-electron chi connectivity index (χ2n) is 6.83. The highest BCUT2D eigenvalue weighted by atomic mass is 32.2. The predicted molar refractivity (Wildman–Crippen MR) is 111 cm³/mol. The van der Waals surface area contributed by atoms with Gasteiger partial charge in [-0.25, -0.2) is 9.97 Å². The molecule has 1 amide bonds. The van der Waals surface area contributed by atoms with Crippen LogP contribution in [-0.4, -0.2) is 60.4 Å². The van der Waals surface area contributed by atoms with E-state index < -0.39 is 0 Å². The summed E-state index contributed by atoms with van der Waals surface area (Å²) in [6, 6.07) is 7.96. The maximum Gasteiger partial charge on any atom is 0.219 e. The number of hydrogen-bond donors (Lipinski definition) is 0. The maximum absolute atomic E-state index is 11.9. The third-order valence-corrected chi connectivity index (χ3v) is 5.77. The van der Waals surface area contributed by atoms with E-state index in [0.29, 0.717) is 13.2 Å². The van der Waals surface area contributed by atoms with Crippen molar-refractivity contribution in [1.29, 1.82) is 0 Å². The molecule has 1 aromatic heterocycles. The lowest BCUT2D eigenvalue weighted by atomic mass is 9.90. The van der Waals surface area contributed by atoms with Crippen LogP contribution in [0.5, 0.6) is 5.75 Å². The van der Waals surface area contributed by atoms with Crippen LogP contribution in [0.2, 0.25) is 0 Å². The first kappa shape index (κ1) is 20.6. The summed E-state index contributed by atoms with van der Waals surface area (Å²) in [5.74, 6) is 1.93. The molecule has 1 aromatic carbocycles. The van der Waals surface area contributed by atoms with Crippen LogP contribution in [0, 0.1) is 0 Å². The van der Waals surface area contributed by atoms with Crippen LogP contribution in [0.3, 0.4) is 0 Å². The number of amides is 1. The van der Waals surface area contributed by atoms with Crippen molar-refractivity contribution in [1.82, 2.24) is 14.9 Å². The molecule has 7 heteroatoms. The molecule has 1 aliphatic heterocycles. The number of carbonyl (C=O) groups excluding carboxylic acids is 1. The van der Waals surface area contributed by atoms with Gasteiger partial charge in [0.1, 0.15) is 5.75 Å². The molecule has 2 aromatic rings. The number of piperidine rings is 1. The molecule has 1 unspecified atom stereocenters. The van der Waals surface area contributed by atoms with Crippen LogP contribution in [0.15, 0.2) is 35.6 Å². The van der Waals surface area contributed by atoms with Crippen molar-refractivity contribution in [3.63, 3.8) is 0 Å². The topological polar surface area (TPSA) is 64.6 Å². The molecule has 0 aliphatic carbocycles. The number of benzene rings is 1. The van der Waals surface area contributed by atoms with E-state index in [-0.39, 0.29) is 11.8 Å². The normalized spacial score (nSPS) is 16.8. The minimum absolute atomic E-state index is 0.122. The Bertz CT molecular complexity index is 815. The van der Waals surface area contributed by atoms with Crippen LogP contribution in [0.25, 0.3) is 11.1 Å². The zero-order valence-corrected chi connectivity index (χ0v) is 17.5. The molecule has 1 saturated heterocycles. The number of likely N-dealkylation sites (tertiary alicyclic amines) is 1. The van der Waals surface area contributed by atoms with Gasteiger partial charge in [-0.05, 0) is 30.5 Å². The molecule has 1 aliphatic rings. The zero-order chi connectivity index (χ0) is 19.9. The largest absolute Gasteiger partial charge is 0.497 e. The van der Waals surface area contributed by atoms with E-state index in [1.165, 1.54) is 0 Å². The van der Waals surface area contributed by atoms with E-state index in [9.17, 15) is 4.79 Å². The van der Waals surface area contributed by atoms with Crippen molar-refractivity contribution in [2.45, 2.75) is 30.8 Å². The van der Waals surface area contributed by atoms with Gasteiger partial charge in [-0.3, -0.25) is 4.79 Å². The molecule has 6 nitrogen and oxygen atoms in total. The monoisotopic (exact) mass is 401 g/mol. The van der Waals surface area contributed by atoms with Crippen LogP contribution in [-0.2, 0) is 9.53 Å². The SMILES string of the molecule is COCCSc1ncc(-c2cccc(OC)c2)c(C2CCCN(C(C)=O)C2)n1. The number of thioether (sulfide) groups is 1. The smallest absolute Gasteiger partial charge is 0.219 e. The van der Waals surface area contributed by atoms with Gasteiger partial charge in [-0.1, -0.05) is 23.9 Å². The van der Waals surface area contributed by atoms with Crippen LogP contribution < -0.4 is 4.74 Å². The van der Waals surface area contributed by atoms with Gasteiger partial charge in [-0.2, -0.15) is 0 Å². The Hall–Kier alpha value is -2.12. The summed E-state index contributed by atoms with van der Waals surface area (Å²) in [6.45, 7) is 3.81. The maximum atomic E-state index is 11.9. The van der Waals surface area contributed by atoms with Gasteiger partial charge in [-0.15, -0.1) is 0 Å². The van der Waals surface area contributed by atoms with E-state index in [0.717, 1.165) is 52.9 Å². The molecule has 28 heavy (non-hydrogen) atoms. The van der Waals surface area contributed by atoms with Gasteiger partial charge in [0.25, 0.3) is 0 Å². The summed E-state index contributed by atoms with van der Waals surface area (Å²) in [7, 11) is 3.36. The van der Waals surface area contributed by atoms with Crippen LogP contribution >= 0.6 is 11.8 Å².